The summed E-state index contributed by atoms with van der Waals surface area (Å²) in [7, 11) is 1.86. The molecular formula is C20H29Cl2N3O2. The molecule has 1 saturated heterocycles. The Morgan fingerprint density at radius 3 is 2.52 bits per heavy atom. The van der Waals surface area contributed by atoms with Gasteiger partial charge in [-0.05, 0) is 50.4 Å². The predicted molar refractivity (Wildman–Crippen MR) is 112 cm³/mol. The molecule has 1 saturated carbocycles. The van der Waals surface area contributed by atoms with Gasteiger partial charge in [-0.3, -0.25) is 9.59 Å². The van der Waals surface area contributed by atoms with E-state index in [1.807, 2.05) is 11.9 Å². The van der Waals surface area contributed by atoms with Crippen LogP contribution in [0.1, 0.15) is 55.3 Å². The summed E-state index contributed by atoms with van der Waals surface area (Å²) in [6, 6.07) is 5.46. The number of carbonyl (C=O) groups is 2. The predicted octanol–water partition coefficient (Wildman–Crippen LogP) is 4.10. The number of hydrogen-bond acceptors (Lipinski definition) is 3. The van der Waals surface area contributed by atoms with Crippen LogP contribution in [-0.4, -0.2) is 42.9 Å². The Bertz CT molecular complexity index is 657. The van der Waals surface area contributed by atoms with E-state index in [0.717, 1.165) is 32.2 Å². The smallest absolute Gasteiger partial charge is 0.255 e. The van der Waals surface area contributed by atoms with Gasteiger partial charge in [0.05, 0.1) is 16.5 Å². The number of halogens is 2. The van der Waals surface area contributed by atoms with Crippen LogP contribution < -0.4 is 10.6 Å². The van der Waals surface area contributed by atoms with Crippen molar-refractivity contribution in [1.82, 2.24) is 10.2 Å². The first-order valence-electron chi connectivity index (χ1n) is 9.64. The van der Waals surface area contributed by atoms with Gasteiger partial charge in [-0.2, -0.15) is 0 Å². The number of anilines is 1. The van der Waals surface area contributed by atoms with Crippen molar-refractivity contribution in [2.24, 2.45) is 5.92 Å². The van der Waals surface area contributed by atoms with Crippen molar-refractivity contribution >= 4 is 41.5 Å². The van der Waals surface area contributed by atoms with Crippen LogP contribution in [0.15, 0.2) is 18.2 Å². The highest BCUT2D eigenvalue weighted by molar-refractivity contribution is 6.34. The molecule has 1 aliphatic carbocycles. The third-order valence-corrected chi connectivity index (χ3v) is 5.89. The molecule has 2 aliphatic rings. The average Bonchev–Trinajstić information content (AvgIpc) is 2.68. The van der Waals surface area contributed by atoms with Crippen LogP contribution in [0, 0.1) is 5.92 Å². The van der Waals surface area contributed by atoms with Crippen LogP contribution in [0.3, 0.4) is 0 Å². The number of nitrogens with zero attached hydrogens (tertiary/aromatic N) is 1. The summed E-state index contributed by atoms with van der Waals surface area (Å²) in [4.78, 5) is 27.0. The van der Waals surface area contributed by atoms with Crippen molar-refractivity contribution < 1.29 is 9.59 Å². The number of rotatable bonds is 4. The summed E-state index contributed by atoms with van der Waals surface area (Å²) >= 11 is 6.37. The SMILES string of the molecule is CN(C(=O)c1ccc(NC(=O)C2CCCNC2)cc1Cl)C1CCCCC1.Cl. The molecule has 7 heteroatoms. The molecule has 2 N–H and O–H groups in total. The van der Waals surface area contributed by atoms with Crippen molar-refractivity contribution in [2.45, 2.75) is 51.0 Å². The van der Waals surface area contributed by atoms with E-state index in [4.69, 9.17) is 11.6 Å². The number of piperidine rings is 1. The zero-order valence-electron chi connectivity index (χ0n) is 15.8. The normalized spacial score (nSPS) is 20.4. The third kappa shape index (κ3) is 5.59. The summed E-state index contributed by atoms with van der Waals surface area (Å²) in [5, 5.41) is 6.55. The van der Waals surface area contributed by atoms with Crippen LogP contribution in [0.5, 0.6) is 0 Å². The summed E-state index contributed by atoms with van der Waals surface area (Å²) in [6.07, 6.45) is 7.64. The van der Waals surface area contributed by atoms with Crippen LogP contribution in [-0.2, 0) is 4.79 Å². The molecule has 1 aromatic rings. The van der Waals surface area contributed by atoms with Gasteiger partial charge in [0.2, 0.25) is 5.91 Å². The maximum Gasteiger partial charge on any atom is 0.255 e. The Morgan fingerprint density at radius 1 is 1.15 bits per heavy atom. The molecule has 0 radical (unpaired) electrons. The van der Waals surface area contributed by atoms with Gasteiger partial charge in [0, 0.05) is 25.3 Å². The number of carbonyl (C=O) groups excluding carboxylic acids is 2. The summed E-state index contributed by atoms with van der Waals surface area (Å²) in [6.45, 7) is 1.68. The fourth-order valence-corrected chi connectivity index (χ4v) is 4.17. The van der Waals surface area contributed by atoms with Crippen LogP contribution in [0.2, 0.25) is 5.02 Å². The van der Waals surface area contributed by atoms with Gasteiger partial charge in [0.15, 0.2) is 0 Å². The quantitative estimate of drug-likeness (QED) is 0.780. The second-order valence-corrected chi connectivity index (χ2v) is 7.84. The van der Waals surface area contributed by atoms with Gasteiger partial charge in [-0.1, -0.05) is 30.9 Å². The first-order chi connectivity index (χ1) is 12.6. The fraction of sp³-hybridized carbons (Fsp3) is 0.600. The van der Waals surface area contributed by atoms with E-state index in [1.165, 1.54) is 19.3 Å². The lowest BCUT2D eigenvalue weighted by atomic mass is 9.94. The van der Waals surface area contributed by atoms with Gasteiger partial charge in [0.1, 0.15) is 0 Å². The van der Waals surface area contributed by atoms with Crippen molar-refractivity contribution in [1.29, 1.82) is 0 Å². The van der Waals surface area contributed by atoms with Gasteiger partial charge >= 0.3 is 0 Å². The zero-order valence-corrected chi connectivity index (χ0v) is 17.4. The molecule has 150 valence electrons. The minimum Gasteiger partial charge on any atom is -0.339 e. The molecule has 1 aromatic carbocycles. The summed E-state index contributed by atoms with van der Waals surface area (Å²) in [5.41, 5.74) is 1.14. The monoisotopic (exact) mass is 413 g/mol. The van der Waals surface area contributed by atoms with Crippen molar-refractivity contribution in [2.75, 3.05) is 25.5 Å². The highest BCUT2D eigenvalue weighted by Gasteiger charge is 2.25. The topological polar surface area (TPSA) is 61.4 Å². The van der Waals surface area contributed by atoms with Gasteiger partial charge in [-0.25, -0.2) is 0 Å². The maximum atomic E-state index is 12.8. The van der Waals surface area contributed by atoms with E-state index < -0.39 is 0 Å². The number of hydrogen-bond donors (Lipinski definition) is 2. The molecule has 2 fully saturated rings. The molecule has 0 bridgehead atoms. The molecule has 27 heavy (non-hydrogen) atoms. The summed E-state index contributed by atoms with van der Waals surface area (Å²) < 4.78 is 0. The standard InChI is InChI=1S/C20H28ClN3O2.ClH/c1-24(16-7-3-2-4-8-16)20(26)17-10-9-15(12-18(17)21)23-19(25)14-6-5-11-22-13-14;/h9-10,12,14,16,22H,2-8,11,13H2,1H3,(H,23,25);1H. The molecule has 2 amide bonds. The minimum absolute atomic E-state index is 0. The second-order valence-electron chi connectivity index (χ2n) is 7.44. The third-order valence-electron chi connectivity index (χ3n) is 5.58. The van der Waals surface area contributed by atoms with E-state index >= 15 is 0 Å². The van der Waals surface area contributed by atoms with Crippen molar-refractivity contribution in [3.8, 4) is 0 Å². The second kappa shape index (κ2) is 10.3. The van der Waals surface area contributed by atoms with Gasteiger partial charge in [-0.15, -0.1) is 12.4 Å². The molecule has 3 rings (SSSR count). The summed E-state index contributed by atoms with van der Waals surface area (Å²) in [5.74, 6) is -0.0517. The lowest BCUT2D eigenvalue weighted by Gasteiger charge is -2.31. The molecule has 0 spiro atoms. The molecule has 1 heterocycles. The first-order valence-corrected chi connectivity index (χ1v) is 10.0. The Morgan fingerprint density at radius 2 is 1.89 bits per heavy atom. The molecule has 5 nitrogen and oxygen atoms in total. The Balaban J connectivity index is 0.00000261. The van der Waals surface area contributed by atoms with E-state index in [-0.39, 0.29) is 30.1 Å². The molecule has 0 aromatic heterocycles. The first kappa shape index (κ1) is 22.0. The molecule has 1 atom stereocenters. The van der Waals surface area contributed by atoms with E-state index in [9.17, 15) is 9.59 Å². The van der Waals surface area contributed by atoms with Gasteiger partial charge in [0.25, 0.3) is 5.91 Å². The maximum absolute atomic E-state index is 12.8. The lowest BCUT2D eigenvalue weighted by Crippen LogP contribution is -2.38. The average molecular weight is 414 g/mol. The Hall–Kier alpha value is -1.30. The largest absolute Gasteiger partial charge is 0.339 e. The van der Waals surface area contributed by atoms with Gasteiger partial charge < -0.3 is 15.5 Å². The van der Waals surface area contributed by atoms with E-state index in [1.54, 1.807) is 18.2 Å². The lowest BCUT2D eigenvalue weighted by molar-refractivity contribution is -0.120. The molecule has 1 unspecified atom stereocenters. The Kier molecular flexibility index (Phi) is 8.39. The number of benzene rings is 1. The Labute approximate surface area is 172 Å². The van der Waals surface area contributed by atoms with Crippen LogP contribution in [0.4, 0.5) is 5.69 Å². The highest BCUT2D eigenvalue weighted by atomic mass is 35.5. The number of amides is 2. The van der Waals surface area contributed by atoms with Crippen molar-refractivity contribution in [3.05, 3.63) is 28.8 Å². The van der Waals surface area contributed by atoms with E-state index in [0.29, 0.717) is 28.9 Å². The minimum atomic E-state index is -0.0451. The van der Waals surface area contributed by atoms with E-state index in [2.05, 4.69) is 10.6 Å². The highest BCUT2D eigenvalue weighted by Crippen LogP contribution is 2.27. The van der Waals surface area contributed by atoms with Crippen LogP contribution in [0.25, 0.3) is 0 Å². The molecular weight excluding hydrogens is 385 g/mol. The number of nitrogens with one attached hydrogen (secondary N) is 2. The van der Waals surface area contributed by atoms with Crippen molar-refractivity contribution in [3.63, 3.8) is 0 Å². The molecule has 1 aliphatic heterocycles. The zero-order chi connectivity index (χ0) is 18.5. The fourth-order valence-electron chi connectivity index (χ4n) is 3.91. The van der Waals surface area contributed by atoms with Crippen LogP contribution >= 0.6 is 24.0 Å².